The van der Waals surface area contributed by atoms with E-state index in [1.807, 2.05) is 18.2 Å². The van der Waals surface area contributed by atoms with E-state index in [0.29, 0.717) is 27.7 Å². The van der Waals surface area contributed by atoms with Crippen LogP contribution in [0.25, 0.3) is 0 Å². The second-order valence-electron chi connectivity index (χ2n) is 5.65. The molecule has 27 heavy (non-hydrogen) atoms. The van der Waals surface area contributed by atoms with E-state index in [4.69, 9.17) is 16.3 Å². The van der Waals surface area contributed by atoms with Gasteiger partial charge in [-0.3, -0.25) is 4.79 Å². The Bertz CT molecular complexity index is 928. The van der Waals surface area contributed by atoms with Crippen molar-refractivity contribution in [2.45, 2.75) is 0 Å². The summed E-state index contributed by atoms with van der Waals surface area (Å²) in [6.45, 7) is -0.0176. The van der Waals surface area contributed by atoms with E-state index in [0.717, 1.165) is 0 Å². The van der Waals surface area contributed by atoms with Gasteiger partial charge in [-0.05, 0) is 48.5 Å². The maximum absolute atomic E-state index is 12.1. The maximum Gasteiger partial charge on any atom is 0.330 e. The van der Waals surface area contributed by atoms with E-state index in [1.54, 1.807) is 60.7 Å². The number of carbonyl (C=O) groups excluding carboxylic acids is 2. The Morgan fingerprint density at radius 1 is 0.852 bits per heavy atom. The number of esters is 1. The van der Waals surface area contributed by atoms with Crippen LogP contribution in [0.4, 0.5) is 11.4 Å². The van der Waals surface area contributed by atoms with Gasteiger partial charge in [0.05, 0.1) is 10.7 Å². The summed E-state index contributed by atoms with van der Waals surface area (Å²) in [6, 6.07) is 22.6. The zero-order chi connectivity index (χ0) is 19.1. The van der Waals surface area contributed by atoms with Crippen LogP contribution in [-0.4, -0.2) is 18.4 Å². The highest BCUT2D eigenvalue weighted by atomic mass is 35.5. The largest absolute Gasteiger partial charge is 0.425 e. The van der Waals surface area contributed by atoms with Gasteiger partial charge < -0.3 is 15.4 Å². The average molecular weight is 381 g/mol. The third kappa shape index (κ3) is 5.33. The van der Waals surface area contributed by atoms with Crippen molar-refractivity contribution in [3.05, 3.63) is 89.4 Å². The molecule has 0 spiro atoms. The normalized spacial score (nSPS) is 10.1. The van der Waals surface area contributed by atoms with Crippen LogP contribution in [0.3, 0.4) is 0 Å². The minimum atomic E-state index is -0.448. The van der Waals surface area contributed by atoms with E-state index in [-0.39, 0.29) is 12.5 Å². The molecule has 0 fully saturated rings. The molecule has 0 aromatic heterocycles. The van der Waals surface area contributed by atoms with Gasteiger partial charge >= 0.3 is 5.97 Å². The highest BCUT2D eigenvalue weighted by molar-refractivity contribution is 6.33. The molecule has 3 aromatic carbocycles. The molecular formula is C21H17ClN2O3. The number of rotatable bonds is 6. The number of ether oxygens (including phenoxy) is 1. The number of hydrogen-bond donors (Lipinski definition) is 2. The van der Waals surface area contributed by atoms with E-state index >= 15 is 0 Å². The van der Waals surface area contributed by atoms with Crippen molar-refractivity contribution in [1.29, 1.82) is 0 Å². The van der Waals surface area contributed by atoms with Crippen molar-refractivity contribution >= 4 is 34.9 Å². The second-order valence-corrected chi connectivity index (χ2v) is 6.06. The third-order valence-corrected chi connectivity index (χ3v) is 4.01. The molecule has 5 nitrogen and oxygen atoms in total. The molecule has 0 atom stereocenters. The number of carbonyl (C=O) groups is 2. The van der Waals surface area contributed by atoms with E-state index in [2.05, 4.69) is 10.6 Å². The quantitative estimate of drug-likeness (QED) is 0.484. The van der Waals surface area contributed by atoms with Gasteiger partial charge in [0, 0.05) is 11.3 Å². The molecule has 3 rings (SSSR count). The zero-order valence-corrected chi connectivity index (χ0v) is 15.1. The minimum Gasteiger partial charge on any atom is -0.425 e. The number of amides is 1. The smallest absolute Gasteiger partial charge is 0.330 e. The van der Waals surface area contributed by atoms with Crippen LogP contribution in [-0.2, 0) is 4.79 Å². The van der Waals surface area contributed by atoms with Gasteiger partial charge in [0.15, 0.2) is 0 Å². The lowest BCUT2D eigenvalue weighted by Gasteiger charge is -2.09. The summed E-state index contributed by atoms with van der Waals surface area (Å²) < 4.78 is 5.26. The van der Waals surface area contributed by atoms with E-state index < -0.39 is 5.97 Å². The molecule has 0 aliphatic rings. The Kier molecular flexibility index (Phi) is 6.07. The maximum atomic E-state index is 12.1. The number of benzene rings is 3. The summed E-state index contributed by atoms with van der Waals surface area (Å²) in [5.74, 6) is -0.265. The molecule has 0 saturated heterocycles. The second kappa shape index (κ2) is 8.87. The van der Waals surface area contributed by atoms with E-state index in [9.17, 15) is 9.59 Å². The number of anilines is 2. The average Bonchev–Trinajstić information content (AvgIpc) is 2.69. The highest BCUT2D eigenvalue weighted by Crippen LogP contribution is 2.20. The molecule has 2 N–H and O–H groups in total. The van der Waals surface area contributed by atoms with Crippen molar-refractivity contribution in [2.24, 2.45) is 0 Å². The Morgan fingerprint density at radius 3 is 2.22 bits per heavy atom. The van der Waals surface area contributed by atoms with Crippen LogP contribution in [0.15, 0.2) is 78.9 Å². The summed E-state index contributed by atoms with van der Waals surface area (Å²) in [5.41, 5.74) is 1.84. The fourth-order valence-electron chi connectivity index (χ4n) is 2.34. The van der Waals surface area contributed by atoms with Gasteiger partial charge in [-0.1, -0.05) is 41.9 Å². The van der Waals surface area contributed by atoms with Crippen LogP contribution < -0.4 is 15.4 Å². The lowest BCUT2D eigenvalue weighted by Crippen LogP contribution is -2.19. The molecule has 1 amide bonds. The molecule has 0 aliphatic heterocycles. The zero-order valence-electron chi connectivity index (χ0n) is 14.3. The molecular weight excluding hydrogens is 364 g/mol. The first kappa shape index (κ1) is 18.5. The fourth-order valence-corrected chi connectivity index (χ4v) is 2.54. The van der Waals surface area contributed by atoms with E-state index in [1.165, 1.54) is 0 Å². The molecule has 6 heteroatoms. The first-order valence-electron chi connectivity index (χ1n) is 8.27. The van der Waals surface area contributed by atoms with Gasteiger partial charge in [-0.2, -0.15) is 0 Å². The fraction of sp³-hybridized carbons (Fsp3) is 0.0476. The number of halogens is 1. The van der Waals surface area contributed by atoms with Crippen LogP contribution in [0, 0.1) is 0 Å². The van der Waals surface area contributed by atoms with Gasteiger partial charge in [0.2, 0.25) is 0 Å². The summed E-state index contributed by atoms with van der Waals surface area (Å²) in [5, 5.41) is 6.24. The molecule has 0 bridgehead atoms. The van der Waals surface area contributed by atoms with Gasteiger partial charge in [0.1, 0.15) is 12.3 Å². The van der Waals surface area contributed by atoms with Crippen LogP contribution in [0.2, 0.25) is 5.02 Å². The lowest BCUT2D eigenvalue weighted by molar-refractivity contribution is -0.132. The van der Waals surface area contributed by atoms with Gasteiger partial charge in [-0.15, -0.1) is 0 Å². The standard InChI is InChI=1S/C21H17ClN2O3/c22-18-8-4-5-9-19(18)23-14-20(25)27-17-12-10-16(11-13-17)24-21(26)15-6-2-1-3-7-15/h1-13,23H,14H2,(H,24,26). The van der Waals surface area contributed by atoms with Crippen molar-refractivity contribution in [3.63, 3.8) is 0 Å². The summed E-state index contributed by atoms with van der Waals surface area (Å²) in [6.07, 6.45) is 0. The lowest BCUT2D eigenvalue weighted by atomic mass is 10.2. The topological polar surface area (TPSA) is 67.4 Å². The van der Waals surface area contributed by atoms with Crippen LogP contribution in [0.5, 0.6) is 5.75 Å². The molecule has 0 unspecified atom stereocenters. The molecule has 0 saturated carbocycles. The molecule has 0 aliphatic carbocycles. The summed E-state index contributed by atoms with van der Waals surface area (Å²) in [7, 11) is 0. The van der Waals surface area contributed by atoms with Crippen LogP contribution in [0.1, 0.15) is 10.4 Å². The SMILES string of the molecule is O=C(CNc1ccccc1Cl)Oc1ccc(NC(=O)c2ccccc2)cc1. The summed E-state index contributed by atoms with van der Waals surface area (Å²) in [4.78, 5) is 24.1. The Morgan fingerprint density at radius 2 is 1.52 bits per heavy atom. The molecule has 3 aromatic rings. The van der Waals surface area contributed by atoms with Crippen molar-refractivity contribution in [3.8, 4) is 5.75 Å². The predicted octanol–water partition coefficient (Wildman–Crippen LogP) is 4.61. The Hall–Kier alpha value is -3.31. The number of para-hydroxylation sites is 1. The highest BCUT2D eigenvalue weighted by Gasteiger charge is 2.08. The Labute approximate surface area is 161 Å². The van der Waals surface area contributed by atoms with Crippen molar-refractivity contribution < 1.29 is 14.3 Å². The van der Waals surface area contributed by atoms with Crippen molar-refractivity contribution in [1.82, 2.24) is 0 Å². The van der Waals surface area contributed by atoms with Gasteiger partial charge in [0.25, 0.3) is 5.91 Å². The minimum absolute atomic E-state index is 0.0176. The third-order valence-electron chi connectivity index (χ3n) is 3.68. The predicted molar refractivity (Wildman–Crippen MR) is 106 cm³/mol. The first-order valence-corrected chi connectivity index (χ1v) is 8.65. The first-order chi connectivity index (χ1) is 13.1. The monoisotopic (exact) mass is 380 g/mol. The Balaban J connectivity index is 1.52. The molecule has 136 valence electrons. The number of hydrogen-bond acceptors (Lipinski definition) is 4. The summed E-state index contributed by atoms with van der Waals surface area (Å²) >= 11 is 6.02. The number of nitrogens with one attached hydrogen (secondary N) is 2. The molecule has 0 radical (unpaired) electrons. The van der Waals surface area contributed by atoms with Crippen LogP contribution >= 0.6 is 11.6 Å². The van der Waals surface area contributed by atoms with Gasteiger partial charge in [-0.25, -0.2) is 4.79 Å². The van der Waals surface area contributed by atoms with Crippen molar-refractivity contribution in [2.75, 3.05) is 17.2 Å². The molecule has 0 heterocycles.